The number of H-pyrrole nitrogens is 1. The number of amides is 1. The van der Waals surface area contributed by atoms with Gasteiger partial charge in [0.1, 0.15) is 5.76 Å². The van der Waals surface area contributed by atoms with E-state index in [0.29, 0.717) is 5.56 Å². The minimum atomic E-state index is -0.694. The van der Waals surface area contributed by atoms with Crippen LogP contribution in [-0.4, -0.2) is 61.0 Å². The second-order valence-corrected chi connectivity index (χ2v) is 7.72. The number of hydrogen-bond acceptors (Lipinski definition) is 5. The number of nitrogens with one attached hydrogen (secondary N) is 1. The number of aliphatic hydroxyl groups excluding tert-OH is 1. The molecule has 0 radical (unpaired) electrons. The number of aromatic amines is 1. The molecule has 0 spiro atoms. The van der Waals surface area contributed by atoms with Crippen molar-refractivity contribution in [1.29, 1.82) is 0 Å². The maximum Gasteiger partial charge on any atom is 0.295 e. The summed E-state index contributed by atoms with van der Waals surface area (Å²) in [6.07, 6.45) is 1.66. The number of benzene rings is 2. The Balaban J connectivity index is 1.88. The van der Waals surface area contributed by atoms with E-state index < -0.39 is 17.7 Å². The number of ether oxygens (including phenoxy) is 1. The highest BCUT2D eigenvalue weighted by atomic mass is 16.5. The van der Waals surface area contributed by atoms with Crippen LogP contribution in [0.15, 0.2) is 60.3 Å². The van der Waals surface area contributed by atoms with Crippen LogP contribution >= 0.6 is 0 Å². The van der Waals surface area contributed by atoms with E-state index in [2.05, 4.69) is 4.98 Å². The first-order chi connectivity index (χ1) is 14.9. The van der Waals surface area contributed by atoms with Crippen molar-refractivity contribution in [3.8, 4) is 0 Å². The molecule has 2 heterocycles. The summed E-state index contributed by atoms with van der Waals surface area (Å²) >= 11 is 0. The number of aliphatic hydroxyl groups is 1. The molecule has 31 heavy (non-hydrogen) atoms. The fraction of sp³-hybridized carbons (Fsp3) is 0.250. The number of carbonyl (C=O) groups excluding carboxylic acids is 2. The van der Waals surface area contributed by atoms with Crippen molar-refractivity contribution in [2.24, 2.45) is 0 Å². The number of fused-ring (bicyclic) bond motifs is 1. The van der Waals surface area contributed by atoms with Crippen LogP contribution in [0.5, 0.6) is 0 Å². The fourth-order valence-electron chi connectivity index (χ4n) is 4.01. The lowest BCUT2D eigenvalue weighted by Crippen LogP contribution is -2.32. The van der Waals surface area contributed by atoms with Crippen molar-refractivity contribution in [2.45, 2.75) is 6.04 Å². The lowest BCUT2D eigenvalue weighted by atomic mass is 9.95. The fourth-order valence-corrected chi connectivity index (χ4v) is 4.01. The van der Waals surface area contributed by atoms with Crippen molar-refractivity contribution >= 4 is 34.0 Å². The number of nitrogens with zero attached hydrogens (tertiary/aromatic N) is 2. The van der Waals surface area contributed by atoms with Gasteiger partial charge in [-0.1, -0.05) is 30.3 Å². The van der Waals surface area contributed by atoms with E-state index in [4.69, 9.17) is 4.74 Å². The molecule has 0 aliphatic carbocycles. The van der Waals surface area contributed by atoms with Gasteiger partial charge in [-0.3, -0.25) is 9.59 Å². The van der Waals surface area contributed by atoms with Gasteiger partial charge in [0, 0.05) is 56.1 Å². The third-order valence-electron chi connectivity index (χ3n) is 5.65. The number of para-hydroxylation sites is 1. The molecule has 1 aliphatic heterocycles. The van der Waals surface area contributed by atoms with Gasteiger partial charge >= 0.3 is 0 Å². The zero-order valence-corrected chi connectivity index (χ0v) is 17.8. The first kappa shape index (κ1) is 20.7. The van der Waals surface area contributed by atoms with Crippen LogP contribution in [0.4, 0.5) is 5.69 Å². The molecule has 1 unspecified atom stereocenters. The van der Waals surface area contributed by atoms with E-state index in [9.17, 15) is 14.7 Å². The van der Waals surface area contributed by atoms with Crippen LogP contribution in [0.3, 0.4) is 0 Å². The van der Waals surface area contributed by atoms with Crippen LogP contribution in [-0.2, 0) is 14.3 Å². The summed E-state index contributed by atoms with van der Waals surface area (Å²) in [5.74, 6) is -1.52. The summed E-state index contributed by atoms with van der Waals surface area (Å²) in [7, 11) is 5.43. The van der Waals surface area contributed by atoms with Gasteiger partial charge in [0.2, 0.25) is 0 Å². The Labute approximate surface area is 180 Å². The summed E-state index contributed by atoms with van der Waals surface area (Å²) in [6.45, 7) is 0.526. The average Bonchev–Trinajstić information content (AvgIpc) is 3.31. The van der Waals surface area contributed by atoms with E-state index in [-0.39, 0.29) is 24.5 Å². The Bertz CT molecular complexity index is 1160. The van der Waals surface area contributed by atoms with Crippen molar-refractivity contribution in [3.05, 3.63) is 71.4 Å². The molecule has 2 N–H and O–H groups in total. The van der Waals surface area contributed by atoms with Gasteiger partial charge in [-0.2, -0.15) is 0 Å². The smallest absolute Gasteiger partial charge is 0.295 e. The van der Waals surface area contributed by atoms with E-state index in [1.54, 1.807) is 13.3 Å². The normalized spacial score (nSPS) is 18.2. The molecule has 1 fully saturated rings. The monoisotopic (exact) mass is 419 g/mol. The summed E-state index contributed by atoms with van der Waals surface area (Å²) in [5.41, 5.74) is 3.17. The number of likely N-dealkylation sites (tertiary alicyclic amines) is 1. The van der Waals surface area contributed by atoms with Gasteiger partial charge in [-0.05, 0) is 23.8 Å². The van der Waals surface area contributed by atoms with Gasteiger partial charge < -0.3 is 24.6 Å². The molecule has 1 saturated heterocycles. The van der Waals surface area contributed by atoms with E-state index in [1.807, 2.05) is 67.5 Å². The van der Waals surface area contributed by atoms with Gasteiger partial charge in [-0.25, -0.2) is 0 Å². The highest BCUT2D eigenvalue weighted by Crippen LogP contribution is 2.40. The number of anilines is 1. The number of Topliss-reactive ketones (excluding diaryl/α,β-unsaturated/α-hetero) is 1. The minimum absolute atomic E-state index is 0.0865. The maximum atomic E-state index is 13.0. The Kier molecular flexibility index (Phi) is 5.52. The number of aromatic nitrogens is 1. The third kappa shape index (κ3) is 3.57. The minimum Gasteiger partial charge on any atom is -0.507 e. The lowest BCUT2D eigenvalue weighted by Gasteiger charge is -2.25. The highest BCUT2D eigenvalue weighted by molar-refractivity contribution is 6.46. The Hall–Kier alpha value is -3.58. The molecule has 7 heteroatoms. The second kappa shape index (κ2) is 8.28. The van der Waals surface area contributed by atoms with Gasteiger partial charge in [0.05, 0.1) is 18.2 Å². The SMILES string of the molecule is COCCN1C(=O)C(=O)/C(=C(\O)c2c[nH]c3ccccc23)C1c1ccc(N(C)C)cc1. The van der Waals surface area contributed by atoms with Crippen LogP contribution in [0, 0.1) is 0 Å². The van der Waals surface area contributed by atoms with E-state index >= 15 is 0 Å². The van der Waals surface area contributed by atoms with Gasteiger partial charge in [-0.15, -0.1) is 0 Å². The molecule has 0 saturated carbocycles. The predicted octanol–water partition coefficient (Wildman–Crippen LogP) is 3.30. The zero-order valence-electron chi connectivity index (χ0n) is 17.8. The highest BCUT2D eigenvalue weighted by Gasteiger charge is 2.46. The predicted molar refractivity (Wildman–Crippen MR) is 120 cm³/mol. The van der Waals surface area contributed by atoms with Crippen molar-refractivity contribution in [1.82, 2.24) is 9.88 Å². The Morgan fingerprint density at radius 2 is 1.84 bits per heavy atom. The van der Waals surface area contributed by atoms with Crippen LogP contribution in [0.1, 0.15) is 17.2 Å². The second-order valence-electron chi connectivity index (χ2n) is 7.72. The summed E-state index contributed by atoms with van der Waals surface area (Å²) < 4.78 is 5.15. The molecule has 4 rings (SSSR count). The first-order valence-corrected chi connectivity index (χ1v) is 10.0. The van der Waals surface area contributed by atoms with Crippen molar-refractivity contribution in [2.75, 3.05) is 39.3 Å². The van der Waals surface area contributed by atoms with E-state index in [0.717, 1.165) is 22.2 Å². The van der Waals surface area contributed by atoms with Crippen molar-refractivity contribution in [3.63, 3.8) is 0 Å². The molecule has 2 aromatic carbocycles. The summed E-state index contributed by atoms with van der Waals surface area (Å²) in [6, 6.07) is 14.4. The topological polar surface area (TPSA) is 85.9 Å². The quantitative estimate of drug-likeness (QED) is 0.364. The molecule has 1 amide bonds. The maximum absolute atomic E-state index is 13.0. The Morgan fingerprint density at radius 3 is 2.52 bits per heavy atom. The third-order valence-corrected chi connectivity index (χ3v) is 5.65. The molecule has 7 nitrogen and oxygen atoms in total. The largest absolute Gasteiger partial charge is 0.507 e. The van der Waals surface area contributed by atoms with Crippen molar-refractivity contribution < 1.29 is 19.4 Å². The molecule has 1 atom stereocenters. The van der Waals surface area contributed by atoms with Gasteiger partial charge in [0.15, 0.2) is 0 Å². The molecular formula is C24H25N3O4. The number of rotatable bonds is 6. The molecular weight excluding hydrogens is 394 g/mol. The summed E-state index contributed by atoms with van der Waals surface area (Å²) in [4.78, 5) is 32.5. The van der Waals surface area contributed by atoms with Crippen LogP contribution < -0.4 is 4.90 Å². The van der Waals surface area contributed by atoms with E-state index in [1.165, 1.54) is 4.90 Å². The Morgan fingerprint density at radius 1 is 1.13 bits per heavy atom. The number of ketones is 1. The zero-order chi connectivity index (χ0) is 22.1. The molecule has 1 aliphatic rings. The van der Waals surface area contributed by atoms with Gasteiger partial charge in [0.25, 0.3) is 11.7 Å². The first-order valence-electron chi connectivity index (χ1n) is 10.0. The molecule has 3 aromatic rings. The molecule has 160 valence electrons. The molecule has 1 aromatic heterocycles. The van der Waals surface area contributed by atoms with Crippen LogP contribution in [0.2, 0.25) is 0 Å². The lowest BCUT2D eigenvalue weighted by molar-refractivity contribution is -0.140. The molecule has 0 bridgehead atoms. The standard InChI is InChI=1S/C24H25N3O4/c1-26(2)16-10-8-15(9-11-16)21-20(23(29)24(30)27(21)12-13-31-3)22(28)18-14-25-19-7-5-4-6-17(18)19/h4-11,14,21,25,28H,12-13H2,1-3H3/b22-20-. The number of hydrogen-bond donors (Lipinski definition) is 2. The average molecular weight is 419 g/mol. The van der Waals surface area contributed by atoms with Crippen LogP contribution in [0.25, 0.3) is 16.7 Å². The summed E-state index contributed by atoms with van der Waals surface area (Å²) in [5, 5.41) is 12.0. The number of carbonyl (C=O) groups is 2. The number of methoxy groups -OCH3 is 1.